The van der Waals surface area contributed by atoms with Crippen LogP contribution in [-0.2, 0) is 24.2 Å². The first kappa shape index (κ1) is 24.2. The summed E-state index contributed by atoms with van der Waals surface area (Å²) in [7, 11) is -3.23. The summed E-state index contributed by atoms with van der Waals surface area (Å²) in [5, 5.41) is 2.78. The molecular weight excluding hydrogens is 574 g/mol. The fraction of sp³-hybridized carbons (Fsp3) is 0.217. The lowest BCUT2D eigenvalue weighted by Crippen LogP contribution is -2.39. The molecule has 3 aliphatic heterocycles. The number of carbonyl (C=O) groups is 3. The van der Waals surface area contributed by atoms with Crippen LogP contribution in [0.3, 0.4) is 0 Å². The molecule has 2 fully saturated rings. The highest BCUT2D eigenvalue weighted by Crippen LogP contribution is 2.45. The number of thioether (sulfide) groups is 1. The maximum absolute atomic E-state index is 13.5. The van der Waals surface area contributed by atoms with E-state index in [2.05, 4.69) is 21.2 Å². The summed E-state index contributed by atoms with van der Waals surface area (Å²) in [6, 6.07) is 13.5. The van der Waals surface area contributed by atoms with Crippen LogP contribution in [0.1, 0.15) is 12.0 Å². The number of nitrogens with one attached hydrogen (secondary N) is 1. The number of benzene rings is 2. The Morgan fingerprint density at radius 1 is 1.14 bits per heavy atom. The van der Waals surface area contributed by atoms with Gasteiger partial charge in [-0.15, -0.1) is 0 Å². The third kappa shape index (κ3) is 4.55. The molecule has 3 amide bonds. The highest BCUT2D eigenvalue weighted by Gasteiger charge is 2.46. The molecule has 35 heavy (non-hydrogen) atoms. The zero-order valence-corrected chi connectivity index (χ0v) is 22.1. The van der Waals surface area contributed by atoms with E-state index in [9.17, 15) is 22.8 Å². The minimum atomic E-state index is -3.23. The van der Waals surface area contributed by atoms with Gasteiger partial charge in [0.2, 0.25) is 5.91 Å². The normalized spacial score (nSPS) is 23.2. The first-order valence-electron chi connectivity index (χ1n) is 10.6. The van der Waals surface area contributed by atoms with Crippen molar-refractivity contribution in [2.24, 2.45) is 0 Å². The van der Waals surface area contributed by atoms with Gasteiger partial charge < -0.3 is 5.32 Å². The third-order valence-electron chi connectivity index (χ3n) is 5.93. The van der Waals surface area contributed by atoms with E-state index in [0.29, 0.717) is 23.4 Å². The Bertz CT molecular complexity index is 1440. The molecule has 5 rings (SSSR count). The maximum atomic E-state index is 13.5. The van der Waals surface area contributed by atoms with Crippen molar-refractivity contribution < 1.29 is 22.8 Å². The first-order chi connectivity index (χ1) is 16.6. The Kier molecular flexibility index (Phi) is 6.32. The number of hydrogen-bond acceptors (Lipinski definition) is 7. The number of fused-ring (bicyclic) bond motifs is 1. The number of hydrogen-bond donors (Lipinski definition) is 1. The highest BCUT2D eigenvalue weighted by molar-refractivity contribution is 9.10. The van der Waals surface area contributed by atoms with E-state index in [-0.39, 0.29) is 32.8 Å². The van der Waals surface area contributed by atoms with Gasteiger partial charge in [-0.25, -0.2) is 8.42 Å². The lowest BCUT2D eigenvalue weighted by atomic mass is 10.1. The van der Waals surface area contributed by atoms with Gasteiger partial charge in [-0.3, -0.25) is 24.2 Å². The molecule has 0 bridgehead atoms. The van der Waals surface area contributed by atoms with E-state index < -0.39 is 33.6 Å². The van der Waals surface area contributed by atoms with Crippen LogP contribution in [0.5, 0.6) is 0 Å². The average Bonchev–Trinajstić information content (AvgIpc) is 3.39. The molecule has 0 unspecified atom stereocenters. The van der Waals surface area contributed by atoms with Gasteiger partial charge in [0.1, 0.15) is 10.9 Å². The van der Waals surface area contributed by atoms with E-state index in [1.807, 2.05) is 6.07 Å². The van der Waals surface area contributed by atoms with Gasteiger partial charge in [0, 0.05) is 15.7 Å². The number of carbonyl (C=O) groups excluding carboxylic acids is 3. The number of nitrogens with zero attached hydrogens (tertiary/aromatic N) is 2. The standard InChI is InChI=1S/C23H18BrN3O5S3/c24-13-4-3-5-14(10-13)25-18(28)11-26-17-7-2-1-6-16(17)19(21(26)29)20-22(30)27(23(33)34-20)15-8-9-35(31,32)12-15/h1-7,10,15H,8-9,11-12H2,(H,25,28)/b20-19-/t15-/m1/s1. The number of sulfone groups is 1. The molecule has 0 radical (unpaired) electrons. The largest absolute Gasteiger partial charge is 0.324 e. The second kappa shape index (κ2) is 9.16. The van der Waals surface area contributed by atoms with E-state index in [4.69, 9.17) is 12.2 Å². The van der Waals surface area contributed by atoms with Crippen molar-refractivity contribution >= 4 is 88.7 Å². The molecule has 2 aromatic rings. The Morgan fingerprint density at radius 3 is 2.63 bits per heavy atom. The summed E-state index contributed by atoms with van der Waals surface area (Å²) < 4.78 is 25.0. The smallest absolute Gasteiger partial charge is 0.267 e. The van der Waals surface area contributed by atoms with E-state index in [0.717, 1.165) is 16.2 Å². The van der Waals surface area contributed by atoms with Crippen molar-refractivity contribution in [2.45, 2.75) is 12.5 Å². The van der Waals surface area contributed by atoms with Crippen molar-refractivity contribution in [3.05, 3.63) is 63.5 Å². The van der Waals surface area contributed by atoms with Gasteiger partial charge in [0.25, 0.3) is 11.8 Å². The fourth-order valence-corrected chi connectivity index (χ4v) is 7.96. The molecule has 0 aromatic heterocycles. The van der Waals surface area contributed by atoms with Crippen LogP contribution in [-0.4, -0.2) is 59.5 Å². The van der Waals surface area contributed by atoms with Gasteiger partial charge in [-0.1, -0.05) is 64.2 Å². The number of amides is 3. The summed E-state index contributed by atoms with van der Waals surface area (Å²) >= 11 is 9.76. The number of halogens is 1. The molecular formula is C23H18BrN3O5S3. The Hall–Kier alpha value is -2.54. The van der Waals surface area contributed by atoms with Crippen LogP contribution in [0.4, 0.5) is 11.4 Å². The van der Waals surface area contributed by atoms with Crippen LogP contribution in [0.25, 0.3) is 5.57 Å². The van der Waals surface area contributed by atoms with Crippen molar-refractivity contribution in [3.63, 3.8) is 0 Å². The molecule has 180 valence electrons. The average molecular weight is 593 g/mol. The summed E-state index contributed by atoms with van der Waals surface area (Å²) in [5.74, 6) is -1.48. The molecule has 2 aromatic carbocycles. The number of para-hydroxylation sites is 1. The molecule has 1 atom stereocenters. The van der Waals surface area contributed by atoms with Crippen molar-refractivity contribution in [1.82, 2.24) is 4.90 Å². The second-order valence-corrected chi connectivity index (χ2v) is 13.1. The molecule has 12 heteroatoms. The summed E-state index contributed by atoms with van der Waals surface area (Å²) in [5.41, 5.74) is 1.81. The van der Waals surface area contributed by atoms with Crippen LogP contribution < -0.4 is 10.2 Å². The van der Waals surface area contributed by atoms with Crippen LogP contribution in [0.2, 0.25) is 0 Å². The van der Waals surface area contributed by atoms with Crippen LogP contribution >= 0.6 is 39.9 Å². The van der Waals surface area contributed by atoms with Gasteiger partial charge in [0.05, 0.1) is 33.7 Å². The molecule has 1 N–H and O–H groups in total. The number of thiocarbonyl (C=S) groups is 1. The highest BCUT2D eigenvalue weighted by atomic mass is 79.9. The summed E-state index contributed by atoms with van der Waals surface area (Å²) in [6.45, 7) is -0.243. The van der Waals surface area contributed by atoms with Crippen molar-refractivity contribution in [3.8, 4) is 0 Å². The predicted molar refractivity (Wildman–Crippen MR) is 143 cm³/mol. The van der Waals surface area contributed by atoms with Crippen molar-refractivity contribution in [1.29, 1.82) is 0 Å². The van der Waals surface area contributed by atoms with Gasteiger partial charge in [-0.05, 0) is 30.7 Å². The summed E-state index contributed by atoms with van der Waals surface area (Å²) in [4.78, 5) is 42.5. The van der Waals surface area contributed by atoms with Gasteiger partial charge in [0.15, 0.2) is 9.84 Å². The Labute approximate surface area is 219 Å². The van der Waals surface area contributed by atoms with Crippen LogP contribution in [0.15, 0.2) is 57.9 Å². The Morgan fingerprint density at radius 2 is 1.91 bits per heavy atom. The lowest BCUT2D eigenvalue weighted by Gasteiger charge is -2.21. The monoisotopic (exact) mass is 591 g/mol. The predicted octanol–water partition coefficient (Wildman–Crippen LogP) is 3.19. The van der Waals surface area contributed by atoms with E-state index in [1.54, 1.807) is 42.5 Å². The zero-order valence-electron chi connectivity index (χ0n) is 18.1. The molecule has 2 saturated heterocycles. The summed E-state index contributed by atoms with van der Waals surface area (Å²) in [6.07, 6.45) is 0.309. The van der Waals surface area contributed by atoms with Crippen molar-refractivity contribution in [2.75, 3.05) is 28.3 Å². The van der Waals surface area contributed by atoms with Gasteiger partial charge >= 0.3 is 0 Å². The van der Waals surface area contributed by atoms with Gasteiger partial charge in [-0.2, -0.15) is 0 Å². The molecule has 8 nitrogen and oxygen atoms in total. The maximum Gasteiger partial charge on any atom is 0.267 e. The molecule has 0 saturated carbocycles. The third-order valence-corrected chi connectivity index (χ3v) is 9.58. The second-order valence-electron chi connectivity index (χ2n) is 8.27. The number of rotatable bonds is 4. The molecule has 0 spiro atoms. The minimum Gasteiger partial charge on any atom is -0.324 e. The zero-order chi connectivity index (χ0) is 24.9. The Balaban J connectivity index is 1.45. The molecule has 3 heterocycles. The minimum absolute atomic E-state index is 0.00324. The van der Waals surface area contributed by atoms with Crippen LogP contribution in [0, 0.1) is 0 Å². The van der Waals surface area contributed by atoms with E-state index >= 15 is 0 Å². The molecule has 3 aliphatic rings. The number of anilines is 2. The molecule has 0 aliphatic carbocycles. The topological polar surface area (TPSA) is 104 Å². The lowest BCUT2D eigenvalue weighted by molar-refractivity contribution is -0.123. The fourth-order valence-electron chi connectivity index (χ4n) is 4.39. The van der Waals surface area contributed by atoms with E-state index in [1.165, 1.54) is 9.80 Å². The SMILES string of the molecule is O=C(CN1C(=O)/C(=C2\SC(=S)N([C@@H]3CCS(=O)(=O)C3)C2=O)c2ccccc21)Nc1cccc(Br)c1. The first-order valence-corrected chi connectivity index (χ1v) is 14.5. The quantitative estimate of drug-likeness (QED) is 0.430.